The number of carbonyl (C=O) groups excluding carboxylic acids is 4. The standard InChI is InChI=1S/C50H57N7O10S/c1-30-28-51-46-45-36-11-12-37(54-38(36)13-16-42(45)68-47(46)49(61)52-30)32-4-3-5-35(27-32)67-34-9-7-33(8-10-34)53-44(59)29-66-25-24-65-23-22-64-21-20-63-19-18-31-6-14-39-41(26-31)56(2)50(62)57(39)40-15-17-43(58)55-48(40)60/h3-6,11-14,16,26-27,30,33-34,40,51H,7-10,15,17-25,28-29H2,1-2H3,(H,52,61)(H,53,59)(H,55,58,60)/t30-,33?,34?,40?/m1/s1. The molecule has 0 bridgehead atoms. The molecule has 1 aliphatic carbocycles. The first-order valence-corrected chi connectivity index (χ1v) is 24.2. The summed E-state index contributed by atoms with van der Waals surface area (Å²) in [5, 5.41) is 14.0. The molecule has 3 aliphatic rings. The number of carbonyl (C=O) groups is 4. The first-order valence-electron chi connectivity index (χ1n) is 23.4. The molecule has 4 N–H and O–H groups in total. The van der Waals surface area contributed by atoms with E-state index in [1.807, 2.05) is 67.6 Å². The van der Waals surface area contributed by atoms with Gasteiger partial charge in [0.05, 0.1) is 80.3 Å². The summed E-state index contributed by atoms with van der Waals surface area (Å²) >= 11 is 1.50. The van der Waals surface area contributed by atoms with Crippen molar-refractivity contribution in [3.8, 4) is 17.0 Å². The Bertz CT molecular complexity index is 2880. The lowest BCUT2D eigenvalue weighted by atomic mass is 9.93. The highest BCUT2D eigenvalue weighted by Crippen LogP contribution is 2.41. The Morgan fingerprint density at radius 3 is 2.38 bits per heavy atom. The zero-order valence-corrected chi connectivity index (χ0v) is 39.1. The fraction of sp³-hybridized carbons (Fsp3) is 0.440. The summed E-state index contributed by atoms with van der Waals surface area (Å²) in [7, 11) is 1.68. The molecule has 2 fully saturated rings. The summed E-state index contributed by atoms with van der Waals surface area (Å²) < 4.78 is 33.0. The Hall–Kier alpha value is -6.18. The number of imide groups is 1. The Labute approximate surface area is 396 Å². The third kappa shape index (κ3) is 10.7. The van der Waals surface area contributed by atoms with Crippen LogP contribution in [0.3, 0.4) is 0 Å². The van der Waals surface area contributed by atoms with E-state index in [0.717, 1.165) is 74.9 Å². The highest BCUT2D eigenvalue weighted by atomic mass is 32.1. The van der Waals surface area contributed by atoms with Crippen LogP contribution in [0.4, 0.5) is 5.69 Å². The van der Waals surface area contributed by atoms with Gasteiger partial charge in [-0.2, -0.15) is 0 Å². The third-order valence-corrected chi connectivity index (χ3v) is 13.9. The number of thiophene rings is 1. The van der Waals surface area contributed by atoms with Crippen molar-refractivity contribution in [2.24, 2.45) is 7.05 Å². The van der Waals surface area contributed by atoms with Gasteiger partial charge in [0.15, 0.2) is 0 Å². The second-order valence-corrected chi connectivity index (χ2v) is 18.6. The summed E-state index contributed by atoms with van der Waals surface area (Å²) in [6, 6.07) is 21.3. The molecule has 3 aromatic heterocycles. The summed E-state index contributed by atoms with van der Waals surface area (Å²) in [4.78, 5) is 68.3. The van der Waals surface area contributed by atoms with Gasteiger partial charge in [0.1, 0.15) is 23.3 Å². The van der Waals surface area contributed by atoms with E-state index in [0.29, 0.717) is 81.5 Å². The van der Waals surface area contributed by atoms with Gasteiger partial charge in [0.2, 0.25) is 17.7 Å². The maximum Gasteiger partial charge on any atom is 0.329 e. The highest BCUT2D eigenvalue weighted by molar-refractivity contribution is 7.21. The van der Waals surface area contributed by atoms with Crippen LogP contribution in [0.15, 0.2) is 71.5 Å². The Morgan fingerprint density at radius 2 is 1.60 bits per heavy atom. The smallest absolute Gasteiger partial charge is 0.329 e. The molecule has 0 spiro atoms. The number of amides is 4. The van der Waals surface area contributed by atoms with Gasteiger partial charge in [0.25, 0.3) is 5.91 Å². The van der Waals surface area contributed by atoms with Gasteiger partial charge >= 0.3 is 5.69 Å². The van der Waals surface area contributed by atoms with Gasteiger partial charge in [-0.3, -0.25) is 33.6 Å². The first kappa shape index (κ1) is 46.9. The predicted molar refractivity (Wildman–Crippen MR) is 258 cm³/mol. The fourth-order valence-corrected chi connectivity index (χ4v) is 10.3. The van der Waals surface area contributed by atoms with Gasteiger partial charge in [-0.25, -0.2) is 9.78 Å². The van der Waals surface area contributed by atoms with Crippen LogP contribution in [-0.2, 0) is 46.8 Å². The van der Waals surface area contributed by atoms with Crippen LogP contribution < -0.4 is 31.7 Å². The van der Waals surface area contributed by atoms with Crippen molar-refractivity contribution >= 4 is 72.7 Å². The molecule has 2 atom stereocenters. The number of rotatable bonds is 19. The summed E-state index contributed by atoms with van der Waals surface area (Å²) in [5.41, 5.74) is 5.62. The maximum absolute atomic E-state index is 13.0. The van der Waals surface area contributed by atoms with Crippen molar-refractivity contribution in [1.82, 2.24) is 30.1 Å². The van der Waals surface area contributed by atoms with Crippen LogP contribution in [0.25, 0.3) is 43.3 Å². The molecule has 18 heteroatoms. The highest BCUT2D eigenvalue weighted by Gasteiger charge is 2.31. The number of ether oxygens (including phenoxy) is 5. The number of benzene rings is 3. The molecule has 4 amide bonds. The van der Waals surface area contributed by atoms with Crippen LogP contribution >= 0.6 is 11.3 Å². The minimum absolute atomic E-state index is 0.0298. The minimum Gasteiger partial charge on any atom is -0.490 e. The number of fused-ring (bicyclic) bond motifs is 6. The number of nitrogens with one attached hydrogen (secondary N) is 4. The molecule has 5 heterocycles. The number of hydrogen-bond donors (Lipinski definition) is 4. The molecule has 1 unspecified atom stereocenters. The van der Waals surface area contributed by atoms with Crippen molar-refractivity contribution in [1.29, 1.82) is 0 Å². The molecule has 68 heavy (non-hydrogen) atoms. The van der Waals surface area contributed by atoms with E-state index in [1.54, 1.807) is 7.05 Å². The topological polar surface area (TPSA) is 202 Å². The van der Waals surface area contributed by atoms with Gasteiger partial charge in [-0.15, -0.1) is 11.3 Å². The molecule has 6 aromatic rings. The fourth-order valence-electron chi connectivity index (χ4n) is 9.21. The number of pyridine rings is 1. The molecule has 0 radical (unpaired) electrons. The number of nitrogens with zero attached hydrogens (tertiary/aromatic N) is 3. The van der Waals surface area contributed by atoms with Crippen LogP contribution in [0.1, 0.15) is 66.7 Å². The van der Waals surface area contributed by atoms with E-state index in [4.69, 9.17) is 28.7 Å². The number of imidazole rings is 1. The van der Waals surface area contributed by atoms with Crippen molar-refractivity contribution < 1.29 is 42.9 Å². The number of anilines is 1. The van der Waals surface area contributed by atoms with Gasteiger partial charge in [-0.1, -0.05) is 18.2 Å². The third-order valence-electron chi connectivity index (χ3n) is 12.7. The first-order chi connectivity index (χ1) is 33.1. The lowest BCUT2D eigenvalue weighted by molar-refractivity contribution is -0.135. The van der Waals surface area contributed by atoms with Crippen molar-refractivity contribution in [3.63, 3.8) is 0 Å². The molecule has 1 saturated heterocycles. The van der Waals surface area contributed by atoms with Gasteiger partial charge in [-0.05, 0) is 99.5 Å². The monoisotopic (exact) mass is 947 g/mol. The molecule has 1 saturated carbocycles. The molecule has 2 aliphatic heterocycles. The van der Waals surface area contributed by atoms with Crippen molar-refractivity contribution in [2.75, 3.05) is 64.7 Å². The molecule has 17 nitrogen and oxygen atoms in total. The Kier molecular flexibility index (Phi) is 14.8. The molecular weight excluding hydrogens is 891 g/mol. The predicted octanol–water partition coefficient (Wildman–Crippen LogP) is 5.41. The Morgan fingerprint density at radius 1 is 0.838 bits per heavy atom. The number of aromatic nitrogens is 3. The van der Waals surface area contributed by atoms with Crippen molar-refractivity contribution in [2.45, 2.75) is 76.1 Å². The Balaban J connectivity index is 0.617. The van der Waals surface area contributed by atoms with Gasteiger partial charge < -0.3 is 39.6 Å². The molecule has 3 aromatic carbocycles. The maximum atomic E-state index is 13.0. The molecule has 9 rings (SSSR count). The van der Waals surface area contributed by atoms with Crippen molar-refractivity contribution in [3.05, 3.63) is 87.7 Å². The zero-order chi connectivity index (χ0) is 47.1. The minimum atomic E-state index is -0.714. The normalized spacial score (nSPS) is 19.6. The van der Waals surface area contributed by atoms with Crippen LogP contribution in [0, 0.1) is 0 Å². The van der Waals surface area contributed by atoms with E-state index in [-0.39, 0.29) is 54.6 Å². The average Bonchev–Trinajstić information content (AvgIpc) is 3.79. The SMILES string of the molecule is C[C@@H]1CNc2c(sc3ccc4nc(-c5cccc(OC6CCC(NC(=O)COCCOCCOCCOCCc7ccc8c(c7)n(C)c(=O)n8C7CCC(=O)NC7=O)CC6)c5)ccc4c23)C(=O)N1. The molecular formula is C50H57N7O10S. The second-order valence-electron chi connectivity index (χ2n) is 17.6. The second kappa shape index (κ2) is 21.4. The average molecular weight is 948 g/mol. The van der Waals surface area contributed by atoms with Crippen LogP contribution in [0.5, 0.6) is 5.75 Å². The lowest BCUT2D eigenvalue weighted by Gasteiger charge is -2.29. The van der Waals surface area contributed by atoms with E-state index < -0.39 is 11.9 Å². The summed E-state index contributed by atoms with van der Waals surface area (Å²) in [5.74, 6) is -0.175. The van der Waals surface area contributed by atoms with Crippen LogP contribution in [-0.4, -0.2) is 115 Å². The number of piperidine rings is 1. The molecule has 358 valence electrons. The van der Waals surface area contributed by atoms with Gasteiger partial charge in [0, 0.05) is 53.1 Å². The van der Waals surface area contributed by atoms with E-state index in [2.05, 4.69) is 27.3 Å². The lowest BCUT2D eigenvalue weighted by Crippen LogP contribution is -2.44. The summed E-state index contributed by atoms with van der Waals surface area (Å²) in [6.45, 7) is 5.37. The van der Waals surface area contributed by atoms with E-state index >= 15 is 0 Å². The number of aryl methyl sites for hydroxylation is 1. The van der Waals surface area contributed by atoms with Crippen LogP contribution in [0.2, 0.25) is 0 Å². The summed E-state index contributed by atoms with van der Waals surface area (Å²) in [6.07, 6.45) is 4.46. The largest absolute Gasteiger partial charge is 0.490 e. The van der Waals surface area contributed by atoms with E-state index in [9.17, 15) is 24.0 Å². The van der Waals surface area contributed by atoms with E-state index in [1.165, 1.54) is 20.5 Å². The number of hydrogen-bond acceptors (Lipinski definition) is 13. The zero-order valence-electron chi connectivity index (χ0n) is 38.3. The quantitative estimate of drug-likeness (QED) is 0.0596.